The van der Waals surface area contributed by atoms with Crippen LogP contribution in [0.5, 0.6) is 0 Å². The average molecular weight is 301 g/mol. The first-order valence-corrected chi connectivity index (χ1v) is 6.56. The van der Waals surface area contributed by atoms with Crippen molar-refractivity contribution in [1.29, 1.82) is 0 Å². The second-order valence-electron chi connectivity index (χ2n) is 3.85. The topological polar surface area (TPSA) is 66.4 Å². The van der Waals surface area contributed by atoms with Gasteiger partial charge in [0.15, 0.2) is 0 Å². The predicted octanol–water partition coefficient (Wildman–Crippen LogP) is 1.50. The zero-order chi connectivity index (χ0) is 14.8. The summed E-state index contributed by atoms with van der Waals surface area (Å²) >= 11 is 0. The molecule has 0 spiro atoms. The Bertz CT molecular complexity index is 556. The molecule has 9 heteroatoms. The van der Waals surface area contributed by atoms with E-state index in [-0.39, 0.29) is 6.07 Å². The van der Waals surface area contributed by atoms with Crippen molar-refractivity contribution in [3.8, 4) is 0 Å². The molecule has 4 nitrogen and oxygen atoms in total. The van der Waals surface area contributed by atoms with Crippen molar-refractivity contribution in [2.75, 3.05) is 6.61 Å². The van der Waals surface area contributed by atoms with E-state index in [1.54, 1.807) is 0 Å². The molecule has 1 rings (SSSR count). The van der Waals surface area contributed by atoms with Gasteiger partial charge in [0.25, 0.3) is 0 Å². The molecule has 0 bridgehead atoms. The average Bonchev–Trinajstić information content (AvgIpc) is 2.26. The van der Waals surface area contributed by atoms with Crippen molar-refractivity contribution in [3.05, 3.63) is 29.6 Å². The van der Waals surface area contributed by atoms with Crippen LogP contribution in [0.4, 0.5) is 17.6 Å². The van der Waals surface area contributed by atoms with Crippen LogP contribution in [0.25, 0.3) is 0 Å². The molecule has 0 aromatic heterocycles. The normalized spacial score (nSPS) is 14.4. The van der Waals surface area contributed by atoms with E-state index in [9.17, 15) is 26.0 Å². The fourth-order valence-corrected chi connectivity index (χ4v) is 2.59. The van der Waals surface area contributed by atoms with E-state index >= 15 is 0 Å². The molecule has 0 aliphatic heterocycles. The molecule has 108 valence electrons. The van der Waals surface area contributed by atoms with Crippen LogP contribution in [-0.4, -0.2) is 26.2 Å². The fraction of sp³-hybridized carbons (Fsp3) is 0.400. The Morgan fingerprint density at radius 3 is 2.42 bits per heavy atom. The Kier molecular flexibility index (Phi) is 4.54. The highest BCUT2D eigenvalue weighted by atomic mass is 32.2. The summed E-state index contributed by atoms with van der Waals surface area (Å²) in [5.41, 5.74) is -1.27. The van der Waals surface area contributed by atoms with Crippen LogP contribution in [0.3, 0.4) is 0 Å². The number of alkyl halides is 3. The Hall–Kier alpha value is -1.19. The molecule has 1 unspecified atom stereocenters. The molecule has 1 aromatic carbocycles. The second kappa shape index (κ2) is 5.43. The molecule has 0 aliphatic carbocycles. The molecular formula is C10H11F4NO3S. The summed E-state index contributed by atoms with van der Waals surface area (Å²) in [7, 11) is -4.47. The van der Waals surface area contributed by atoms with E-state index < -0.39 is 45.1 Å². The maximum absolute atomic E-state index is 13.4. The zero-order valence-corrected chi connectivity index (χ0v) is 10.5. The third-order valence-corrected chi connectivity index (χ3v) is 3.78. The van der Waals surface area contributed by atoms with Crippen LogP contribution in [0, 0.1) is 5.82 Å². The molecule has 2 N–H and O–H groups in total. The summed E-state index contributed by atoms with van der Waals surface area (Å²) in [6, 6.07) is 0.144. The highest BCUT2D eigenvalue weighted by Gasteiger charge is 2.33. The van der Waals surface area contributed by atoms with Gasteiger partial charge in [-0.05, 0) is 25.1 Å². The standard InChI is InChI=1S/C10H11F4NO3S/c1-6(5-16)15-19(17,18)9-4-7(10(12,13)14)2-3-8(9)11/h2-4,6,15-16H,5H2,1H3. The van der Waals surface area contributed by atoms with Gasteiger partial charge in [-0.3, -0.25) is 0 Å². The van der Waals surface area contributed by atoms with Gasteiger partial charge in [-0.1, -0.05) is 0 Å². The molecule has 1 aromatic rings. The summed E-state index contributed by atoms with van der Waals surface area (Å²) in [4.78, 5) is -1.11. The molecule has 0 saturated carbocycles. The van der Waals surface area contributed by atoms with Crippen LogP contribution < -0.4 is 4.72 Å². The van der Waals surface area contributed by atoms with E-state index in [4.69, 9.17) is 5.11 Å². The van der Waals surface area contributed by atoms with Gasteiger partial charge in [-0.2, -0.15) is 13.2 Å². The zero-order valence-electron chi connectivity index (χ0n) is 9.70. The Labute approximate surface area is 107 Å². The van der Waals surface area contributed by atoms with Gasteiger partial charge in [0.2, 0.25) is 10.0 Å². The molecule has 0 fully saturated rings. The van der Waals surface area contributed by atoms with Gasteiger partial charge >= 0.3 is 6.18 Å². The minimum atomic E-state index is -4.78. The largest absolute Gasteiger partial charge is 0.416 e. The number of nitrogens with one attached hydrogen (secondary N) is 1. The van der Waals surface area contributed by atoms with Crippen LogP contribution in [0.2, 0.25) is 0 Å². The predicted molar refractivity (Wildman–Crippen MR) is 58.3 cm³/mol. The van der Waals surface area contributed by atoms with Crippen molar-refractivity contribution in [2.45, 2.75) is 24.0 Å². The Balaban J connectivity index is 3.26. The van der Waals surface area contributed by atoms with Crippen molar-refractivity contribution in [1.82, 2.24) is 4.72 Å². The molecule has 19 heavy (non-hydrogen) atoms. The first kappa shape index (κ1) is 15.9. The van der Waals surface area contributed by atoms with E-state index in [2.05, 4.69) is 0 Å². The summed E-state index contributed by atoms with van der Waals surface area (Å²) < 4.78 is 75.9. The third-order valence-electron chi connectivity index (χ3n) is 2.18. The molecule has 0 aliphatic rings. The summed E-state index contributed by atoms with van der Waals surface area (Å²) in [5, 5.41) is 8.70. The third kappa shape index (κ3) is 3.88. The lowest BCUT2D eigenvalue weighted by atomic mass is 10.2. The molecule has 0 amide bonds. The van der Waals surface area contributed by atoms with Crippen molar-refractivity contribution in [3.63, 3.8) is 0 Å². The monoisotopic (exact) mass is 301 g/mol. The smallest absolute Gasteiger partial charge is 0.395 e. The van der Waals surface area contributed by atoms with Gasteiger partial charge < -0.3 is 5.11 Å². The highest BCUT2D eigenvalue weighted by Crippen LogP contribution is 2.31. The molecule has 0 saturated heterocycles. The number of hydrogen-bond donors (Lipinski definition) is 2. The van der Waals surface area contributed by atoms with Gasteiger partial charge in [-0.25, -0.2) is 17.5 Å². The Morgan fingerprint density at radius 2 is 1.95 bits per heavy atom. The number of halogens is 4. The summed E-state index contributed by atoms with van der Waals surface area (Å²) in [6.07, 6.45) is -4.78. The second-order valence-corrected chi connectivity index (χ2v) is 5.53. The van der Waals surface area contributed by atoms with Gasteiger partial charge in [0, 0.05) is 6.04 Å². The lowest BCUT2D eigenvalue weighted by Crippen LogP contribution is -2.35. The van der Waals surface area contributed by atoms with Crippen LogP contribution in [-0.2, 0) is 16.2 Å². The van der Waals surface area contributed by atoms with Crippen molar-refractivity contribution in [2.24, 2.45) is 0 Å². The molecule has 0 heterocycles. The molecule has 1 atom stereocenters. The minimum absolute atomic E-state index is 0.210. The maximum Gasteiger partial charge on any atom is 0.416 e. The number of aliphatic hydroxyl groups is 1. The van der Waals surface area contributed by atoms with E-state index in [1.165, 1.54) is 6.92 Å². The van der Waals surface area contributed by atoms with Crippen LogP contribution >= 0.6 is 0 Å². The minimum Gasteiger partial charge on any atom is -0.395 e. The molecular weight excluding hydrogens is 290 g/mol. The number of sulfonamides is 1. The first-order valence-electron chi connectivity index (χ1n) is 5.08. The first-order chi connectivity index (χ1) is 8.58. The summed E-state index contributed by atoms with van der Waals surface area (Å²) in [6.45, 7) is 0.711. The quantitative estimate of drug-likeness (QED) is 0.828. The summed E-state index contributed by atoms with van der Waals surface area (Å²) in [5.74, 6) is -1.30. The molecule has 0 radical (unpaired) electrons. The van der Waals surface area contributed by atoms with Crippen LogP contribution in [0.1, 0.15) is 12.5 Å². The van der Waals surface area contributed by atoms with Gasteiger partial charge in [0.05, 0.1) is 12.2 Å². The number of rotatable bonds is 4. The van der Waals surface area contributed by atoms with Crippen LogP contribution in [0.15, 0.2) is 23.1 Å². The van der Waals surface area contributed by atoms with Crippen molar-refractivity contribution < 1.29 is 31.1 Å². The van der Waals surface area contributed by atoms with E-state index in [0.29, 0.717) is 12.1 Å². The number of aliphatic hydroxyl groups excluding tert-OH is 1. The van der Waals surface area contributed by atoms with Gasteiger partial charge in [0.1, 0.15) is 10.7 Å². The van der Waals surface area contributed by atoms with E-state index in [0.717, 1.165) is 0 Å². The Morgan fingerprint density at radius 1 is 1.37 bits per heavy atom. The number of hydrogen-bond acceptors (Lipinski definition) is 3. The van der Waals surface area contributed by atoms with E-state index in [1.807, 2.05) is 4.72 Å². The fourth-order valence-electron chi connectivity index (χ4n) is 1.25. The SMILES string of the molecule is CC(CO)NS(=O)(=O)c1cc(C(F)(F)F)ccc1F. The maximum atomic E-state index is 13.4. The number of benzene rings is 1. The highest BCUT2D eigenvalue weighted by molar-refractivity contribution is 7.89. The lowest BCUT2D eigenvalue weighted by Gasteiger charge is -2.14. The van der Waals surface area contributed by atoms with Crippen molar-refractivity contribution >= 4 is 10.0 Å². The van der Waals surface area contributed by atoms with Gasteiger partial charge in [-0.15, -0.1) is 0 Å². The lowest BCUT2D eigenvalue weighted by molar-refractivity contribution is -0.137.